The van der Waals surface area contributed by atoms with Crippen LogP contribution in [0.5, 0.6) is 0 Å². The molecule has 0 unspecified atom stereocenters. The van der Waals surface area contributed by atoms with Crippen LogP contribution in [-0.4, -0.2) is 63.1 Å². The van der Waals surface area contributed by atoms with E-state index >= 15 is 0 Å². The summed E-state index contributed by atoms with van der Waals surface area (Å²) in [6.07, 6.45) is -5.95. The SMILES string of the molecule is NNC[C@@H](O)[C@H](O)[C@H](O)[C@H](O)CO. The fourth-order valence-corrected chi connectivity index (χ4v) is 0.805. The molecule has 0 rings (SSSR count). The maximum absolute atomic E-state index is 9.15. The third kappa shape index (κ3) is 3.96. The van der Waals surface area contributed by atoms with Crippen molar-refractivity contribution in [1.82, 2.24) is 5.43 Å². The maximum Gasteiger partial charge on any atom is 0.111 e. The van der Waals surface area contributed by atoms with Crippen LogP contribution >= 0.6 is 0 Å². The third-order valence-electron chi connectivity index (χ3n) is 1.65. The van der Waals surface area contributed by atoms with Crippen molar-refractivity contribution in [1.29, 1.82) is 0 Å². The number of aliphatic hydroxyl groups is 5. The molecule has 0 aliphatic rings. The highest BCUT2D eigenvalue weighted by atomic mass is 16.4. The van der Waals surface area contributed by atoms with Crippen LogP contribution in [0.2, 0.25) is 0 Å². The van der Waals surface area contributed by atoms with Gasteiger partial charge in [-0.05, 0) is 0 Å². The number of nitrogens with two attached hydrogens (primary N) is 1. The zero-order chi connectivity index (χ0) is 10.4. The number of rotatable bonds is 6. The van der Waals surface area contributed by atoms with Gasteiger partial charge in [-0.15, -0.1) is 0 Å². The molecule has 0 saturated carbocycles. The summed E-state index contributed by atoms with van der Waals surface area (Å²) in [6.45, 7) is -0.822. The summed E-state index contributed by atoms with van der Waals surface area (Å²) in [5, 5.41) is 44.6. The van der Waals surface area contributed by atoms with Gasteiger partial charge in [-0.2, -0.15) is 0 Å². The van der Waals surface area contributed by atoms with Gasteiger partial charge in [0.1, 0.15) is 18.3 Å². The van der Waals surface area contributed by atoms with Crippen molar-refractivity contribution in [3.05, 3.63) is 0 Å². The standard InChI is InChI=1S/C6H16N2O5/c7-8-1-3(10)5(12)6(13)4(11)2-9/h3-6,8-13H,1-2,7H2/t3-,4-,5+,6-/m1/s1. The zero-order valence-electron chi connectivity index (χ0n) is 7.04. The van der Waals surface area contributed by atoms with Gasteiger partial charge in [-0.25, -0.2) is 0 Å². The van der Waals surface area contributed by atoms with E-state index in [9.17, 15) is 0 Å². The fourth-order valence-electron chi connectivity index (χ4n) is 0.805. The Kier molecular flexibility index (Phi) is 6.08. The van der Waals surface area contributed by atoms with Crippen LogP contribution in [0, 0.1) is 0 Å². The molecule has 0 fully saturated rings. The molecule has 0 aromatic carbocycles. The van der Waals surface area contributed by atoms with Crippen LogP contribution in [0.4, 0.5) is 0 Å². The van der Waals surface area contributed by atoms with Crippen LogP contribution < -0.4 is 11.3 Å². The largest absolute Gasteiger partial charge is 0.394 e. The minimum absolute atomic E-state index is 0.129. The van der Waals surface area contributed by atoms with Gasteiger partial charge in [-0.3, -0.25) is 11.3 Å². The molecule has 80 valence electrons. The normalized spacial score (nSPS) is 20.8. The Morgan fingerprint density at radius 3 is 1.85 bits per heavy atom. The van der Waals surface area contributed by atoms with Gasteiger partial charge in [-0.1, -0.05) is 0 Å². The first-order valence-corrected chi connectivity index (χ1v) is 3.81. The van der Waals surface area contributed by atoms with E-state index < -0.39 is 31.0 Å². The highest BCUT2D eigenvalue weighted by Crippen LogP contribution is 2.03. The van der Waals surface area contributed by atoms with E-state index in [0.717, 1.165) is 0 Å². The predicted octanol–water partition coefficient (Wildman–Crippen LogP) is -4.11. The number of hydrogen-bond donors (Lipinski definition) is 7. The Hall–Kier alpha value is -0.280. The summed E-state index contributed by atoms with van der Waals surface area (Å²) in [5.41, 5.74) is 2.09. The van der Waals surface area contributed by atoms with Gasteiger partial charge in [0.2, 0.25) is 0 Å². The average molecular weight is 196 g/mol. The van der Waals surface area contributed by atoms with Crippen LogP contribution in [0.15, 0.2) is 0 Å². The molecule has 0 radical (unpaired) electrons. The van der Waals surface area contributed by atoms with Crippen molar-refractivity contribution in [3.63, 3.8) is 0 Å². The van der Waals surface area contributed by atoms with E-state index in [1.54, 1.807) is 0 Å². The molecule has 0 aromatic rings. The lowest BCUT2D eigenvalue weighted by Gasteiger charge is -2.25. The lowest BCUT2D eigenvalue weighted by molar-refractivity contribution is -0.113. The Labute approximate surface area is 75.4 Å². The molecule has 4 atom stereocenters. The van der Waals surface area contributed by atoms with E-state index in [-0.39, 0.29) is 6.54 Å². The van der Waals surface area contributed by atoms with E-state index in [0.29, 0.717) is 0 Å². The van der Waals surface area contributed by atoms with Crippen LogP contribution in [0.25, 0.3) is 0 Å². The van der Waals surface area contributed by atoms with Crippen LogP contribution in [-0.2, 0) is 0 Å². The Morgan fingerprint density at radius 1 is 1.00 bits per heavy atom. The van der Waals surface area contributed by atoms with E-state index in [4.69, 9.17) is 31.4 Å². The zero-order valence-corrected chi connectivity index (χ0v) is 7.04. The fraction of sp³-hybridized carbons (Fsp3) is 1.00. The van der Waals surface area contributed by atoms with Gasteiger partial charge in [0.15, 0.2) is 0 Å². The molecule has 8 N–H and O–H groups in total. The molecular weight excluding hydrogens is 180 g/mol. The minimum Gasteiger partial charge on any atom is -0.394 e. The van der Waals surface area contributed by atoms with Crippen molar-refractivity contribution >= 4 is 0 Å². The Balaban J connectivity index is 3.99. The lowest BCUT2D eigenvalue weighted by Crippen LogP contribution is -2.49. The summed E-state index contributed by atoms with van der Waals surface area (Å²) in [4.78, 5) is 0. The number of hydrogen-bond acceptors (Lipinski definition) is 7. The number of nitrogens with one attached hydrogen (secondary N) is 1. The molecule has 0 bridgehead atoms. The highest BCUT2D eigenvalue weighted by Gasteiger charge is 2.29. The summed E-state index contributed by atoms with van der Waals surface area (Å²) in [6, 6.07) is 0. The van der Waals surface area contributed by atoms with Gasteiger partial charge < -0.3 is 25.5 Å². The van der Waals surface area contributed by atoms with Crippen molar-refractivity contribution in [2.24, 2.45) is 5.84 Å². The molecule has 0 aromatic heterocycles. The molecule has 0 heterocycles. The van der Waals surface area contributed by atoms with Crippen molar-refractivity contribution < 1.29 is 25.5 Å². The summed E-state index contributed by atoms with van der Waals surface area (Å²) in [7, 11) is 0. The van der Waals surface area contributed by atoms with Crippen molar-refractivity contribution in [2.45, 2.75) is 24.4 Å². The van der Waals surface area contributed by atoms with Crippen molar-refractivity contribution in [2.75, 3.05) is 13.2 Å². The molecule has 13 heavy (non-hydrogen) atoms. The van der Waals surface area contributed by atoms with Crippen molar-refractivity contribution in [3.8, 4) is 0 Å². The molecule has 0 aliphatic carbocycles. The smallest absolute Gasteiger partial charge is 0.111 e. The molecule has 0 amide bonds. The Morgan fingerprint density at radius 2 is 1.46 bits per heavy atom. The predicted molar refractivity (Wildman–Crippen MR) is 43.3 cm³/mol. The highest BCUT2D eigenvalue weighted by molar-refractivity contribution is 4.80. The molecule has 0 saturated heterocycles. The summed E-state index contributed by atoms with van der Waals surface area (Å²) in [5.74, 6) is 4.86. The third-order valence-corrected chi connectivity index (χ3v) is 1.65. The van der Waals surface area contributed by atoms with Gasteiger partial charge in [0, 0.05) is 6.54 Å². The number of aliphatic hydroxyl groups excluding tert-OH is 5. The van der Waals surface area contributed by atoms with E-state index in [2.05, 4.69) is 5.43 Å². The maximum atomic E-state index is 9.15. The first kappa shape index (κ1) is 12.7. The second-order valence-corrected chi connectivity index (χ2v) is 2.71. The van der Waals surface area contributed by atoms with Crippen LogP contribution in [0.1, 0.15) is 0 Å². The minimum atomic E-state index is -1.60. The topological polar surface area (TPSA) is 139 Å². The second-order valence-electron chi connectivity index (χ2n) is 2.71. The molecule has 7 nitrogen and oxygen atoms in total. The monoisotopic (exact) mass is 196 g/mol. The Bertz CT molecular complexity index is 136. The van der Waals surface area contributed by atoms with E-state index in [1.165, 1.54) is 0 Å². The van der Waals surface area contributed by atoms with Gasteiger partial charge >= 0.3 is 0 Å². The average Bonchev–Trinajstić information content (AvgIpc) is 2.14. The number of hydrazine groups is 1. The molecular formula is C6H16N2O5. The quantitative estimate of drug-likeness (QED) is 0.169. The van der Waals surface area contributed by atoms with Gasteiger partial charge in [0.05, 0.1) is 12.7 Å². The lowest BCUT2D eigenvalue weighted by atomic mass is 10.0. The van der Waals surface area contributed by atoms with Gasteiger partial charge in [0.25, 0.3) is 0 Å². The summed E-state index contributed by atoms with van der Waals surface area (Å²) < 4.78 is 0. The molecule has 0 spiro atoms. The molecule has 0 aliphatic heterocycles. The van der Waals surface area contributed by atoms with Crippen LogP contribution in [0.3, 0.4) is 0 Å². The first-order valence-electron chi connectivity index (χ1n) is 3.81. The second kappa shape index (κ2) is 6.22. The first-order chi connectivity index (χ1) is 6.04. The molecule has 7 heteroatoms. The van der Waals surface area contributed by atoms with E-state index in [1.807, 2.05) is 0 Å². The summed E-state index contributed by atoms with van der Waals surface area (Å²) >= 11 is 0.